The Labute approximate surface area is 133 Å². The van der Waals surface area contributed by atoms with E-state index in [4.69, 9.17) is 14.6 Å². The molecule has 10 heteroatoms. The van der Waals surface area contributed by atoms with Crippen LogP contribution in [0.2, 0.25) is 0 Å². The molecule has 2 heterocycles. The molecule has 1 aliphatic rings. The highest BCUT2D eigenvalue weighted by Crippen LogP contribution is 2.41. The van der Waals surface area contributed by atoms with Crippen LogP contribution in [0.15, 0.2) is 0 Å². The number of rotatable bonds is 4. The highest BCUT2D eigenvalue weighted by molar-refractivity contribution is 7.17. The van der Waals surface area contributed by atoms with E-state index >= 15 is 0 Å². The number of hydrogen-bond acceptors (Lipinski definition) is 7. The number of carboxylic acid groups (broad SMARTS) is 2. The summed E-state index contributed by atoms with van der Waals surface area (Å²) >= 11 is 0.796. The van der Waals surface area contributed by atoms with Gasteiger partial charge >= 0.3 is 23.8 Å². The molecule has 1 aromatic heterocycles. The van der Waals surface area contributed by atoms with Crippen LogP contribution < -0.4 is 5.32 Å². The summed E-state index contributed by atoms with van der Waals surface area (Å²) in [5.74, 6) is -5.10. The van der Waals surface area contributed by atoms with Crippen molar-refractivity contribution in [1.82, 2.24) is 0 Å². The van der Waals surface area contributed by atoms with Crippen molar-refractivity contribution in [1.29, 1.82) is 0 Å². The first-order valence-corrected chi connectivity index (χ1v) is 7.39. The fourth-order valence-corrected chi connectivity index (χ4v) is 3.44. The van der Waals surface area contributed by atoms with Gasteiger partial charge in [0.1, 0.15) is 5.00 Å². The van der Waals surface area contributed by atoms with Crippen molar-refractivity contribution in [3.05, 3.63) is 16.0 Å². The number of nitrogens with one attached hydrogen (secondary N) is 1. The van der Waals surface area contributed by atoms with E-state index in [0.717, 1.165) is 11.3 Å². The number of esters is 1. The van der Waals surface area contributed by atoms with E-state index in [1.165, 1.54) is 0 Å². The molecule has 9 nitrogen and oxygen atoms in total. The van der Waals surface area contributed by atoms with Gasteiger partial charge in [0.2, 0.25) is 0 Å². The van der Waals surface area contributed by atoms with Gasteiger partial charge in [0.25, 0.3) is 0 Å². The van der Waals surface area contributed by atoms with Crippen LogP contribution in [-0.4, -0.2) is 47.2 Å². The average molecular weight is 343 g/mol. The Morgan fingerprint density at radius 1 is 1.35 bits per heavy atom. The molecule has 0 aliphatic carbocycles. The summed E-state index contributed by atoms with van der Waals surface area (Å²) < 4.78 is 10.2. The second-order valence-electron chi connectivity index (χ2n) is 4.47. The van der Waals surface area contributed by atoms with Crippen LogP contribution in [-0.2, 0) is 30.3 Å². The van der Waals surface area contributed by atoms with Crippen molar-refractivity contribution in [2.24, 2.45) is 0 Å². The van der Waals surface area contributed by atoms with E-state index in [0.29, 0.717) is 10.4 Å². The van der Waals surface area contributed by atoms with Crippen molar-refractivity contribution in [3.8, 4) is 0 Å². The number of ether oxygens (including phenoxy) is 2. The molecule has 23 heavy (non-hydrogen) atoms. The van der Waals surface area contributed by atoms with Gasteiger partial charge in [-0.25, -0.2) is 14.4 Å². The Bertz CT molecular complexity index is 680. The normalized spacial score (nSPS) is 16.3. The Balaban J connectivity index is 2.46. The van der Waals surface area contributed by atoms with Gasteiger partial charge in [-0.1, -0.05) is 0 Å². The minimum absolute atomic E-state index is 0.111. The van der Waals surface area contributed by atoms with Crippen molar-refractivity contribution < 1.29 is 38.9 Å². The van der Waals surface area contributed by atoms with Gasteiger partial charge in [0, 0.05) is 0 Å². The van der Waals surface area contributed by atoms with Crippen molar-refractivity contribution in [2.45, 2.75) is 19.4 Å². The molecule has 0 aromatic carbocycles. The average Bonchev–Trinajstić information content (AvgIpc) is 2.84. The topological polar surface area (TPSA) is 139 Å². The zero-order valence-electron chi connectivity index (χ0n) is 12.0. The minimum Gasteiger partial charge on any atom is -0.478 e. The molecule has 0 fully saturated rings. The lowest BCUT2D eigenvalue weighted by atomic mass is 10.0. The summed E-state index contributed by atoms with van der Waals surface area (Å²) in [6.45, 7) is 1.87. The van der Waals surface area contributed by atoms with Crippen LogP contribution in [0.1, 0.15) is 33.8 Å². The molecule has 1 atom stereocenters. The maximum absolute atomic E-state index is 11.9. The maximum atomic E-state index is 11.9. The van der Waals surface area contributed by atoms with E-state index < -0.39 is 29.9 Å². The van der Waals surface area contributed by atoms with Gasteiger partial charge < -0.3 is 25.0 Å². The van der Waals surface area contributed by atoms with Crippen molar-refractivity contribution >= 4 is 40.2 Å². The quantitative estimate of drug-likeness (QED) is 0.535. The fraction of sp³-hybridized carbons (Fsp3) is 0.385. The Hall–Kier alpha value is -2.46. The van der Waals surface area contributed by atoms with Crippen LogP contribution in [0.5, 0.6) is 0 Å². The number of anilines is 1. The molecule has 2 rings (SSSR count). The lowest BCUT2D eigenvalue weighted by Gasteiger charge is -2.21. The summed E-state index contributed by atoms with van der Waals surface area (Å²) in [7, 11) is 0. The standard InChI is InChI=1S/C13H13NO8S/c1-2-21-13(20)7-8-5(3-4-22-7)6(11(16)17)10(23-8)14-9(15)12(18)19/h7H,2-4H2,1H3,(H,14,15)(H,16,17)(H,18,19). The highest BCUT2D eigenvalue weighted by atomic mass is 32.1. The predicted molar refractivity (Wildman–Crippen MR) is 76.6 cm³/mol. The van der Waals surface area contributed by atoms with E-state index in [-0.39, 0.29) is 30.2 Å². The van der Waals surface area contributed by atoms with Crippen LogP contribution in [0.3, 0.4) is 0 Å². The third-order valence-electron chi connectivity index (χ3n) is 3.05. The van der Waals surface area contributed by atoms with Gasteiger partial charge in [0.05, 0.1) is 23.7 Å². The lowest BCUT2D eigenvalue weighted by molar-refractivity contribution is -0.157. The van der Waals surface area contributed by atoms with Gasteiger partial charge in [-0.15, -0.1) is 11.3 Å². The zero-order chi connectivity index (χ0) is 17.1. The summed E-state index contributed by atoms with van der Waals surface area (Å²) in [4.78, 5) is 45.6. The molecule has 0 radical (unpaired) electrons. The second kappa shape index (κ2) is 6.75. The largest absolute Gasteiger partial charge is 0.478 e. The van der Waals surface area contributed by atoms with E-state index in [2.05, 4.69) is 0 Å². The van der Waals surface area contributed by atoms with Crippen LogP contribution in [0.4, 0.5) is 5.00 Å². The van der Waals surface area contributed by atoms with E-state index in [1.54, 1.807) is 6.92 Å². The number of carbonyl (C=O) groups excluding carboxylic acids is 2. The first-order valence-electron chi connectivity index (χ1n) is 6.58. The van der Waals surface area contributed by atoms with Gasteiger partial charge in [0.15, 0.2) is 6.10 Å². The van der Waals surface area contributed by atoms with Crippen LogP contribution in [0.25, 0.3) is 0 Å². The van der Waals surface area contributed by atoms with Crippen LogP contribution in [0, 0.1) is 0 Å². The predicted octanol–water partition coefficient (Wildman–Crippen LogP) is 0.646. The smallest absolute Gasteiger partial charge is 0.394 e. The molecule has 1 aromatic rings. The van der Waals surface area contributed by atoms with Crippen LogP contribution >= 0.6 is 11.3 Å². The number of fused-ring (bicyclic) bond motifs is 1. The molecule has 1 unspecified atom stereocenters. The molecule has 124 valence electrons. The van der Waals surface area contributed by atoms with Gasteiger partial charge in [-0.3, -0.25) is 4.79 Å². The van der Waals surface area contributed by atoms with Crippen molar-refractivity contribution in [2.75, 3.05) is 18.5 Å². The summed E-state index contributed by atoms with van der Waals surface area (Å²) in [5.41, 5.74) is 0.115. The third-order valence-corrected chi connectivity index (χ3v) is 4.24. The summed E-state index contributed by atoms with van der Waals surface area (Å²) in [5, 5.41) is 19.9. The molecule has 0 bridgehead atoms. The van der Waals surface area contributed by atoms with Gasteiger partial charge in [-0.05, 0) is 18.9 Å². The number of aliphatic carboxylic acids is 1. The first-order chi connectivity index (χ1) is 10.9. The van der Waals surface area contributed by atoms with E-state index in [9.17, 15) is 24.3 Å². The number of carboxylic acids is 2. The number of hydrogen-bond donors (Lipinski definition) is 3. The SMILES string of the molecule is CCOC(=O)C1OCCc2c1sc(NC(=O)C(=O)O)c2C(=O)O. The van der Waals surface area contributed by atoms with Crippen molar-refractivity contribution in [3.63, 3.8) is 0 Å². The molecular formula is C13H13NO8S. The molecule has 0 saturated heterocycles. The fourth-order valence-electron chi connectivity index (χ4n) is 2.16. The van der Waals surface area contributed by atoms with Gasteiger partial charge in [-0.2, -0.15) is 0 Å². The molecule has 3 N–H and O–H groups in total. The lowest BCUT2D eigenvalue weighted by Crippen LogP contribution is -2.24. The molecule has 1 aliphatic heterocycles. The van der Waals surface area contributed by atoms with E-state index in [1.807, 2.05) is 5.32 Å². The molecule has 1 amide bonds. The maximum Gasteiger partial charge on any atom is 0.394 e. The summed E-state index contributed by atoms with van der Waals surface area (Å²) in [6.07, 6.45) is -0.857. The third kappa shape index (κ3) is 3.32. The molecular weight excluding hydrogens is 330 g/mol. The number of amides is 1. The Morgan fingerprint density at radius 2 is 2.04 bits per heavy atom. The zero-order valence-corrected chi connectivity index (χ0v) is 12.8. The number of aromatic carboxylic acids is 1. The monoisotopic (exact) mass is 343 g/mol. The second-order valence-corrected chi connectivity index (χ2v) is 5.52. The Kier molecular flexibility index (Phi) is 4.96. The highest BCUT2D eigenvalue weighted by Gasteiger charge is 2.36. The number of thiophene rings is 1. The molecule has 0 spiro atoms. The molecule has 0 saturated carbocycles. The minimum atomic E-state index is -1.74. The Morgan fingerprint density at radius 3 is 2.61 bits per heavy atom. The summed E-state index contributed by atoms with van der Waals surface area (Å²) in [6, 6.07) is 0. The first kappa shape index (κ1) is 16.9. The number of carbonyl (C=O) groups is 4.